The van der Waals surface area contributed by atoms with E-state index < -0.39 is 25.6 Å². The van der Waals surface area contributed by atoms with Crippen LogP contribution in [-0.2, 0) is 20.1 Å². The Kier molecular flexibility index (Phi) is 6.32. The molecule has 0 saturated heterocycles. The van der Waals surface area contributed by atoms with Gasteiger partial charge in [-0.15, -0.1) is 0 Å². The van der Waals surface area contributed by atoms with Gasteiger partial charge in [0.25, 0.3) is 0 Å². The molecule has 0 bridgehead atoms. The first-order valence-corrected chi connectivity index (χ1v) is 9.47. The van der Waals surface area contributed by atoms with E-state index in [0.717, 1.165) is 11.1 Å². The van der Waals surface area contributed by atoms with Gasteiger partial charge in [-0.25, -0.2) is 0 Å². The standard InChI is InChI=1S/C13H14NO2S.CHF3O3S/c1-11-3-5-13(6-4-11)17(15,16)14-9-7-12(2)8-10-14;2-1(3,4)8(5,6)7/h3-10H,1-2H3;(H,5,6,7)/q+1;. The van der Waals surface area contributed by atoms with E-state index in [2.05, 4.69) is 0 Å². The second-order valence-electron chi connectivity index (χ2n) is 4.94. The Morgan fingerprint density at radius 3 is 1.56 bits per heavy atom. The Morgan fingerprint density at radius 2 is 1.20 bits per heavy atom. The van der Waals surface area contributed by atoms with Gasteiger partial charge in [0.2, 0.25) is 0 Å². The lowest BCUT2D eigenvalue weighted by molar-refractivity contribution is -0.511. The molecule has 1 N–H and O–H groups in total. The predicted molar refractivity (Wildman–Crippen MR) is 82.7 cm³/mol. The predicted octanol–water partition coefficient (Wildman–Crippen LogP) is 2.22. The van der Waals surface area contributed by atoms with Gasteiger partial charge in [-0.1, -0.05) is 21.7 Å². The minimum absolute atomic E-state index is 0.303. The van der Waals surface area contributed by atoms with Crippen molar-refractivity contribution < 1.29 is 38.5 Å². The van der Waals surface area contributed by atoms with Crippen LogP contribution in [0.1, 0.15) is 11.1 Å². The molecule has 0 atom stereocenters. The quantitative estimate of drug-likeness (QED) is 0.476. The van der Waals surface area contributed by atoms with Gasteiger partial charge in [0.1, 0.15) is 4.90 Å². The van der Waals surface area contributed by atoms with E-state index in [1.807, 2.05) is 13.8 Å². The maximum atomic E-state index is 12.2. The molecular formula is C14H15F3NO5S2+. The van der Waals surface area contributed by atoms with Crippen LogP contribution in [0, 0.1) is 13.8 Å². The topological polar surface area (TPSA) is 92.4 Å². The number of alkyl halides is 3. The number of nitrogens with zero attached hydrogens (tertiary/aromatic N) is 1. The van der Waals surface area contributed by atoms with Crippen molar-refractivity contribution in [3.8, 4) is 0 Å². The molecule has 2 aromatic rings. The van der Waals surface area contributed by atoms with Crippen molar-refractivity contribution in [2.75, 3.05) is 0 Å². The third-order valence-electron chi connectivity index (χ3n) is 2.86. The minimum Gasteiger partial charge on any atom is -0.279 e. The molecule has 0 saturated carbocycles. The van der Waals surface area contributed by atoms with E-state index in [0.29, 0.717) is 4.90 Å². The van der Waals surface area contributed by atoms with Gasteiger partial charge in [0.15, 0.2) is 12.4 Å². The first-order chi connectivity index (χ1) is 11.2. The largest absolute Gasteiger partial charge is 0.522 e. The number of pyridine rings is 1. The number of benzene rings is 1. The van der Waals surface area contributed by atoms with Gasteiger partial charge in [0.05, 0.1) is 0 Å². The van der Waals surface area contributed by atoms with Crippen molar-refractivity contribution in [1.29, 1.82) is 0 Å². The van der Waals surface area contributed by atoms with Crippen LogP contribution < -0.4 is 3.97 Å². The van der Waals surface area contributed by atoms with Crippen LogP contribution in [-0.4, -0.2) is 26.9 Å². The van der Waals surface area contributed by atoms with Crippen LogP contribution in [0.3, 0.4) is 0 Å². The fourth-order valence-electron chi connectivity index (χ4n) is 1.48. The van der Waals surface area contributed by atoms with Crippen LogP contribution in [0.15, 0.2) is 53.7 Å². The first kappa shape index (κ1) is 21.1. The number of aromatic nitrogens is 1. The van der Waals surface area contributed by atoms with Gasteiger partial charge in [-0.2, -0.15) is 30.0 Å². The third-order valence-corrected chi connectivity index (χ3v) is 5.11. The zero-order valence-corrected chi connectivity index (χ0v) is 14.7. The van der Waals surface area contributed by atoms with Crippen LogP contribution in [0.25, 0.3) is 0 Å². The van der Waals surface area contributed by atoms with Crippen LogP contribution >= 0.6 is 0 Å². The third kappa shape index (κ3) is 5.80. The number of rotatable bonds is 2. The van der Waals surface area contributed by atoms with Crippen LogP contribution in [0.2, 0.25) is 0 Å². The van der Waals surface area contributed by atoms with E-state index in [-0.39, 0.29) is 0 Å². The zero-order chi connectivity index (χ0) is 19.5. The summed E-state index contributed by atoms with van der Waals surface area (Å²) in [6.07, 6.45) is 3.12. The molecule has 0 aliphatic heterocycles. The monoisotopic (exact) mass is 398 g/mol. The maximum absolute atomic E-state index is 12.2. The molecule has 1 aromatic heterocycles. The van der Waals surface area contributed by atoms with E-state index in [1.165, 1.54) is 3.97 Å². The molecule has 138 valence electrons. The Balaban J connectivity index is 0.000000333. The summed E-state index contributed by atoms with van der Waals surface area (Å²) in [5.74, 6) is 0. The van der Waals surface area contributed by atoms with Gasteiger partial charge in [-0.3, -0.25) is 4.55 Å². The number of halogens is 3. The molecule has 25 heavy (non-hydrogen) atoms. The summed E-state index contributed by atoms with van der Waals surface area (Å²) in [5.41, 5.74) is -3.47. The summed E-state index contributed by atoms with van der Waals surface area (Å²) in [6.45, 7) is 3.85. The van der Waals surface area contributed by atoms with Gasteiger partial charge in [-0.05, 0) is 31.5 Å². The van der Waals surface area contributed by atoms with E-state index in [1.54, 1.807) is 48.8 Å². The molecule has 0 aliphatic carbocycles. The van der Waals surface area contributed by atoms with Crippen molar-refractivity contribution in [3.63, 3.8) is 0 Å². The average molecular weight is 398 g/mol. The van der Waals surface area contributed by atoms with Crippen molar-refractivity contribution >= 4 is 20.1 Å². The number of hydrogen-bond donors (Lipinski definition) is 1. The van der Waals surface area contributed by atoms with Crippen molar-refractivity contribution in [2.45, 2.75) is 24.3 Å². The summed E-state index contributed by atoms with van der Waals surface area (Å²) < 4.78 is 83.2. The molecule has 0 unspecified atom stereocenters. The summed E-state index contributed by atoms with van der Waals surface area (Å²) >= 11 is 0. The summed E-state index contributed by atoms with van der Waals surface area (Å²) in [5, 5.41) is 0. The Labute approximate surface area is 143 Å². The number of hydrogen-bond acceptors (Lipinski definition) is 4. The minimum atomic E-state index is -5.84. The van der Waals surface area contributed by atoms with Crippen molar-refractivity contribution in [2.24, 2.45) is 0 Å². The Hall–Kier alpha value is -1.98. The molecule has 6 nitrogen and oxygen atoms in total. The highest BCUT2D eigenvalue weighted by atomic mass is 32.2. The molecule has 1 heterocycles. The van der Waals surface area contributed by atoms with Crippen molar-refractivity contribution in [3.05, 3.63) is 59.9 Å². The van der Waals surface area contributed by atoms with Crippen LogP contribution in [0.4, 0.5) is 13.2 Å². The smallest absolute Gasteiger partial charge is 0.279 e. The van der Waals surface area contributed by atoms with Crippen molar-refractivity contribution in [1.82, 2.24) is 0 Å². The Bertz CT molecular complexity index is 868. The zero-order valence-electron chi connectivity index (χ0n) is 13.1. The molecule has 11 heteroatoms. The highest BCUT2D eigenvalue weighted by Crippen LogP contribution is 2.20. The highest BCUT2D eigenvalue weighted by Gasteiger charge is 2.44. The lowest BCUT2D eigenvalue weighted by atomic mass is 10.2. The van der Waals surface area contributed by atoms with Gasteiger partial charge < -0.3 is 0 Å². The molecule has 0 aliphatic rings. The Morgan fingerprint density at radius 1 is 0.840 bits per heavy atom. The number of aryl methyl sites for hydroxylation is 2. The van der Waals surface area contributed by atoms with E-state index in [9.17, 15) is 21.6 Å². The molecule has 0 spiro atoms. The fourth-order valence-corrected chi connectivity index (χ4v) is 2.65. The van der Waals surface area contributed by atoms with E-state index in [4.69, 9.17) is 13.0 Å². The van der Waals surface area contributed by atoms with Gasteiger partial charge in [0, 0.05) is 12.1 Å². The lowest BCUT2D eigenvalue weighted by Crippen LogP contribution is -2.41. The molecule has 0 radical (unpaired) electrons. The van der Waals surface area contributed by atoms with Gasteiger partial charge >= 0.3 is 25.6 Å². The highest BCUT2D eigenvalue weighted by molar-refractivity contribution is 7.86. The SMILES string of the molecule is Cc1ccc(S(=O)(=O)[n+]2ccc(C)cc2)cc1.O=S(=O)(O)C(F)(F)F. The van der Waals surface area contributed by atoms with E-state index >= 15 is 0 Å². The average Bonchev–Trinajstić information content (AvgIpc) is 2.46. The molecular weight excluding hydrogens is 383 g/mol. The lowest BCUT2D eigenvalue weighted by Gasteiger charge is -1.99. The molecule has 0 fully saturated rings. The van der Waals surface area contributed by atoms with Crippen LogP contribution in [0.5, 0.6) is 0 Å². The second-order valence-corrected chi connectivity index (χ2v) is 8.20. The normalized spacial score (nSPS) is 12.2. The molecule has 0 amide bonds. The summed E-state index contributed by atoms with van der Waals surface area (Å²) in [7, 11) is -9.30. The fraction of sp³-hybridized carbons (Fsp3) is 0.214. The summed E-state index contributed by atoms with van der Waals surface area (Å²) in [4.78, 5) is 0.303. The second kappa shape index (κ2) is 7.50. The summed E-state index contributed by atoms with van der Waals surface area (Å²) in [6, 6.07) is 10.4. The molecule has 2 rings (SSSR count). The first-order valence-electron chi connectivity index (χ1n) is 6.59. The molecule has 1 aromatic carbocycles. The maximum Gasteiger partial charge on any atom is 0.522 e.